The molecule has 1 heterocycles. The van der Waals surface area contributed by atoms with E-state index >= 15 is 0 Å². The fraction of sp³-hybridized carbons (Fsp3) is 0.579. The molecule has 1 aromatic carbocycles. The third-order valence-electron chi connectivity index (χ3n) is 4.61. The standard InChI is InChI=1S/C19H29N3O/c1-12(2)22-18-8-13(3)16(11-20-21-15(5)23)9-17(18)14(4)10-19(22,6)7/h8-9,11-12,14H,10H2,1-7H3,(H,21,23)/b20-11-/t14-/m0/s1. The SMILES string of the molecule is CC(=O)N/N=C\c1cc2c(cc1C)N(C(C)C)C(C)(C)C[C@@H]2C. The normalized spacial score (nSPS) is 20.0. The lowest BCUT2D eigenvalue weighted by Crippen LogP contribution is -2.51. The molecule has 0 aromatic heterocycles. The molecule has 2 rings (SSSR count). The highest BCUT2D eigenvalue weighted by Gasteiger charge is 2.37. The first-order valence-corrected chi connectivity index (χ1v) is 8.37. The number of aryl methyl sites for hydroxylation is 1. The molecule has 23 heavy (non-hydrogen) atoms. The summed E-state index contributed by atoms with van der Waals surface area (Å²) < 4.78 is 0. The van der Waals surface area contributed by atoms with Crippen LogP contribution in [-0.4, -0.2) is 23.7 Å². The smallest absolute Gasteiger partial charge is 0.236 e. The van der Waals surface area contributed by atoms with Crippen LogP contribution in [0.3, 0.4) is 0 Å². The summed E-state index contributed by atoms with van der Waals surface area (Å²) in [5.41, 5.74) is 7.56. The van der Waals surface area contributed by atoms with Gasteiger partial charge in [-0.15, -0.1) is 0 Å². The fourth-order valence-electron chi connectivity index (χ4n) is 3.92. The van der Waals surface area contributed by atoms with Crippen molar-refractivity contribution in [2.75, 3.05) is 4.90 Å². The number of nitrogens with zero attached hydrogens (tertiary/aromatic N) is 2. The zero-order valence-electron chi connectivity index (χ0n) is 15.4. The van der Waals surface area contributed by atoms with Crippen molar-refractivity contribution in [3.63, 3.8) is 0 Å². The Morgan fingerprint density at radius 1 is 1.43 bits per heavy atom. The first-order valence-electron chi connectivity index (χ1n) is 8.37. The number of anilines is 1. The van der Waals surface area contributed by atoms with Crippen LogP contribution in [0.5, 0.6) is 0 Å². The van der Waals surface area contributed by atoms with Gasteiger partial charge in [0.05, 0.1) is 6.21 Å². The van der Waals surface area contributed by atoms with E-state index in [4.69, 9.17) is 0 Å². The number of amides is 1. The quantitative estimate of drug-likeness (QED) is 0.677. The second-order valence-corrected chi connectivity index (χ2v) is 7.58. The van der Waals surface area contributed by atoms with Crippen LogP contribution in [0, 0.1) is 6.92 Å². The molecule has 0 spiro atoms. The first kappa shape index (κ1) is 17.5. The Balaban J connectivity index is 2.48. The predicted octanol–water partition coefficient (Wildman–Crippen LogP) is 3.97. The van der Waals surface area contributed by atoms with Crippen LogP contribution in [0.4, 0.5) is 5.69 Å². The molecule has 1 N–H and O–H groups in total. The van der Waals surface area contributed by atoms with E-state index in [2.05, 4.69) is 69.1 Å². The van der Waals surface area contributed by atoms with E-state index in [1.165, 1.54) is 23.7 Å². The summed E-state index contributed by atoms with van der Waals surface area (Å²) in [5.74, 6) is 0.349. The van der Waals surface area contributed by atoms with Gasteiger partial charge in [-0.3, -0.25) is 4.79 Å². The highest BCUT2D eigenvalue weighted by Crippen LogP contribution is 2.45. The molecular weight excluding hydrogens is 286 g/mol. The minimum Gasteiger partial charge on any atom is -0.364 e. The van der Waals surface area contributed by atoms with Gasteiger partial charge < -0.3 is 4.90 Å². The molecule has 126 valence electrons. The second-order valence-electron chi connectivity index (χ2n) is 7.58. The molecule has 0 unspecified atom stereocenters. The minimum atomic E-state index is -0.155. The molecule has 4 nitrogen and oxygen atoms in total. The molecule has 1 aliphatic heterocycles. The summed E-state index contributed by atoms with van der Waals surface area (Å²) in [6, 6.07) is 4.95. The minimum absolute atomic E-state index is 0.152. The summed E-state index contributed by atoms with van der Waals surface area (Å²) in [7, 11) is 0. The molecule has 0 saturated carbocycles. The third kappa shape index (κ3) is 3.57. The van der Waals surface area contributed by atoms with Gasteiger partial charge >= 0.3 is 0 Å². The van der Waals surface area contributed by atoms with E-state index < -0.39 is 0 Å². The maximum absolute atomic E-state index is 11.0. The van der Waals surface area contributed by atoms with Crippen molar-refractivity contribution >= 4 is 17.8 Å². The largest absolute Gasteiger partial charge is 0.364 e. The Hall–Kier alpha value is -1.84. The summed E-state index contributed by atoms with van der Waals surface area (Å²) in [6.45, 7) is 15.0. The maximum Gasteiger partial charge on any atom is 0.236 e. The van der Waals surface area contributed by atoms with Gasteiger partial charge in [-0.1, -0.05) is 6.92 Å². The van der Waals surface area contributed by atoms with Gasteiger partial charge in [-0.25, -0.2) is 5.43 Å². The average molecular weight is 315 g/mol. The number of hydrogen-bond donors (Lipinski definition) is 1. The molecule has 0 saturated heterocycles. The highest BCUT2D eigenvalue weighted by molar-refractivity contribution is 5.85. The van der Waals surface area contributed by atoms with Crippen molar-refractivity contribution in [2.45, 2.75) is 72.4 Å². The zero-order valence-corrected chi connectivity index (χ0v) is 15.4. The zero-order chi connectivity index (χ0) is 17.4. The van der Waals surface area contributed by atoms with Crippen molar-refractivity contribution in [1.82, 2.24) is 5.43 Å². The van der Waals surface area contributed by atoms with Crippen molar-refractivity contribution < 1.29 is 4.79 Å². The van der Waals surface area contributed by atoms with Gasteiger partial charge in [-0.05, 0) is 75.8 Å². The van der Waals surface area contributed by atoms with Crippen LogP contribution in [0.1, 0.15) is 70.6 Å². The summed E-state index contributed by atoms with van der Waals surface area (Å²) in [5, 5.41) is 4.02. The van der Waals surface area contributed by atoms with E-state index in [1.54, 1.807) is 6.21 Å². The predicted molar refractivity (Wildman–Crippen MR) is 97.3 cm³/mol. The van der Waals surface area contributed by atoms with Gasteiger partial charge in [0.2, 0.25) is 5.91 Å². The van der Waals surface area contributed by atoms with E-state index in [9.17, 15) is 4.79 Å². The van der Waals surface area contributed by atoms with Crippen LogP contribution in [0.25, 0.3) is 0 Å². The van der Waals surface area contributed by atoms with Crippen molar-refractivity contribution in [1.29, 1.82) is 0 Å². The highest BCUT2D eigenvalue weighted by atomic mass is 16.2. The number of hydrazone groups is 1. The van der Waals surface area contributed by atoms with Crippen LogP contribution in [0.2, 0.25) is 0 Å². The van der Waals surface area contributed by atoms with E-state index in [0.29, 0.717) is 12.0 Å². The summed E-state index contributed by atoms with van der Waals surface area (Å²) in [4.78, 5) is 13.5. The molecule has 1 amide bonds. The Bertz CT molecular complexity index is 632. The van der Waals surface area contributed by atoms with Crippen LogP contribution >= 0.6 is 0 Å². The number of carbonyl (C=O) groups excluding carboxylic acids is 1. The van der Waals surface area contributed by atoms with Crippen molar-refractivity contribution in [3.05, 3.63) is 28.8 Å². The number of rotatable bonds is 3. The van der Waals surface area contributed by atoms with Gasteiger partial charge in [-0.2, -0.15) is 5.10 Å². The third-order valence-corrected chi connectivity index (χ3v) is 4.61. The fourth-order valence-corrected chi connectivity index (χ4v) is 3.92. The Morgan fingerprint density at radius 3 is 2.65 bits per heavy atom. The van der Waals surface area contributed by atoms with Crippen LogP contribution in [-0.2, 0) is 4.79 Å². The number of nitrogens with one attached hydrogen (secondary N) is 1. The lowest BCUT2D eigenvalue weighted by Gasteiger charge is -2.50. The van der Waals surface area contributed by atoms with Crippen LogP contribution < -0.4 is 10.3 Å². The Morgan fingerprint density at radius 2 is 2.09 bits per heavy atom. The molecule has 1 atom stereocenters. The van der Waals surface area contributed by atoms with Crippen molar-refractivity contribution in [3.8, 4) is 0 Å². The second kappa shape index (κ2) is 6.34. The van der Waals surface area contributed by atoms with E-state index in [0.717, 1.165) is 12.0 Å². The summed E-state index contributed by atoms with van der Waals surface area (Å²) >= 11 is 0. The molecule has 1 aromatic rings. The molecule has 4 heteroatoms. The molecule has 0 bridgehead atoms. The first-order chi connectivity index (χ1) is 10.6. The molecule has 0 fully saturated rings. The molecular formula is C19H29N3O. The topological polar surface area (TPSA) is 44.7 Å². The Kier molecular flexibility index (Phi) is 4.83. The van der Waals surface area contributed by atoms with Crippen molar-refractivity contribution in [2.24, 2.45) is 5.10 Å². The lowest BCUT2D eigenvalue weighted by atomic mass is 9.78. The summed E-state index contributed by atoms with van der Waals surface area (Å²) in [6.07, 6.45) is 2.87. The maximum atomic E-state index is 11.0. The van der Waals surface area contributed by atoms with E-state index in [-0.39, 0.29) is 11.4 Å². The lowest BCUT2D eigenvalue weighted by molar-refractivity contribution is -0.118. The number of benzene rings is 1. The number of hydrogen-bond acceptors (Lipinski definition) is 3. The monoisotopic (exact) mass is 315 g/mol. The van der Waals surface area contributed by atoms with Gasteiger partial charge in [0.1, 0.15) is 0 Å². The number of carbonyl (C=O) groups is 1. The van der Waals surface area contributed by atoms with E-state index in [1.807, 2.05) is 0 Å². The molecule has 1 aliphatic rings. The van der Waals surface area contributed by atoms with Crippen LogP contribution in [0.15, 0.2) is 17.2 Å². The number of fused-ring (bicyclic) bond motifs is 1. The Labute approximate surface area is 140 Å². The van der Waals surface area contributed by atoms with Gasteiger partial charge in [0, 0.05) is 24.2 Å². The molecule has 0 aliphatic carbocycles. The average Bonchev–Trinajstić information content (AvgIpc) is 2.38. The van der Waals surface area contributed by atoms with Gasteiger partial charge in [0.15, 0.2) is 0 Å². The van der Waals surface area contributed by atoms with Gasteiger partial charge in [0.25, 0.3) is 0 Å². The molecule has 0 radical (unpaired) electrons.